The van der Waals surface area contributed by atoms with Gasteiger partial charge in [-0.25, -0.2) is 9.98 Å². The molecule has 3 rings (SSSR count). The van der Waals surface area contributed by atoms with Gasteiger partial charge in [0.25, 0.3) is 0 Å². The predicted molar refractivity (Wildman–Crippen MR) is 126 cm³/mol. The van der Waals surface area contributed by atoms with Gasteiger partial charge in [0, 0.05) is 31.7 Å². The predicted octanol–water partition coefficient (Wildman–Crippen LogP) is 2.86. The van der Waals surface area contributed by atoms with Crippen molar-refractivity contribution < 1.29 is 9.52 Å². The molecule has 0 amide bonds. The topological polar surface area (TPSA) is 85.9 Å². The smallest absolute Gasteiger partial charge is 0.226 e. The molecule has 8 heteroatoms. The van der Waals surface area contributed by atoms with E-state index < -0.39 is 0 Å². The van der Waals surface area contributed by atoms with Crippen LogP contribution in [0.5, 0.6) is 0 Å². The third kappa shape index (κ3) is 7.94. The summed E-state index contributed by atoms with van der Waals surface area (Å²) in [7, 11) is 0. The first-order valence-corrected chi connectivity index (χ1v) is 10.2. The van der Waals surface area contributed by atoms with E-state index in [1.165, 1.54) is 0 Å². The van der Waals surface area contributed by atoms with Gasteiger partial charge in [-0.15, -0.1) is 24.0 Å². The number of aliphatic imine (C=N–C) groups is 1. The van der Waals surface area contributed by atoms with Crippen molar-refractivity contribution in [1.82, 2.24) is 20.5 Å². The van der Waals surface area contributed by atoms with Crippen LogP contribution in [0.3, 0.4) is 0 Å². The first kappa shape index (κ1) is 23.6. The van der Waals surface area contributed by atoms with E-state index in [4.69, 9.17) is 4.42 Å². The van der Waals surface area contributed by atoms with Crippen LogP contribution in [0.4, 0.5) is 0 Å². The lowest BCUT2D eigenvalue weighted by atomic mass is 10.1. The normalized spacial score (nSPS) is 15.7. The van der Waals surface area contributed by atoms with Crippen molar-refractivity contribution in [3.63, 3.8) is 0 Å². The molecule has 0 aliphatic carbocycles. The quantitative estimate of drug-likeness (QED) is 0.218. The summed E-state index contributed by atoms with van der Waals surface area (Å²) >= 11 is 0. The summed E-state index contributed by atoms with van der Waals surface area (Å²) in [5.41, 5.74) is 1.77. The highest BCUT2D eigenvalue weighted by atomic mass is 127. The van der Waals surface area contributed by atoms with Crippen LogP contribution in [-0.4, -0.2) is 59.8 Å². The molecule has 29 heavy (non-hydrogen) atoms. The summed E-state index contributed by atoms with van der Waals surface area (Å²) in [6, 6.07) is 9.87. The Hall–Kier alpha value is -1.65. The molecule has 0 unspecified atom stereocenters. The van der Waals surface area contributed by atoms with Crippen molar-refractivity contribution in [2.75, 3.05) is 32.7 Å². The summed E-state index contributed by atoms with van der Waals surface area (Å²) in [6.07, 6.45) is 4.38. The Morgan fingerprint density at radius 1 is 1.24 bits per heavy atom. The number of piperidine rings is 1. The van der Waals surface area contributed by atoms with Crippen LogP contribution < -0.4 is 10.6 Å². The molecule has 2 heterocycles. The number of oxazole rings is 1. The number of aliphatic hydroxyl groups is 1. The van der Waals surface area contributed by atoms with Crippen LogP contribution in [0.15, 0.2) is 46.0 Å². The monoisotopic (exact) mass is 513 g/mol. The number of hydrogen-bond acceptors (Lipinski definition) is 5. The van der Waals surface area contributed by atoms with Crippen molar-refractivity contribution in [3.05, 3.63) is 42.3 Å². The molecule has 1 aliphatic heterocycles. The fourth-order valence-corrected chi connectivity index (χ4v) is 3.25. The van der Waals surface area contributed by atoms with Crippen LogP contribution in [-0.2, 0) is 6.54 Å². The number of rotatable bonds is 8. The highest BCUT2D eigenvalue weighted by Gasteiger charge is 2.16. The lowest BCUT2D eigenvalue weighted by Gasteiger charge is -2.29. The largest absolute Gasteiger partial charge is 0.444 e. The fourth-order valence-electron chi connectivity index (χ4n) is 3.25. The van der Waals surface area contributed by atoms with Gasteiger partial charge in [-0.3, -0.25) is 0 Å². The molecule has 1 aliphatic rings. The zero-order chi connectivity index (χ0) is 19.6. The average molecular weight is 513 g/mol. The highest BCUT2D eigenvalue weighted by molar-refractivity contribution is 14.0. The maximum absolute atomic E-state index is 9.57. The second-order valence-electron chi connectivity index (χ2n) is 7.06. The Balaban J connectivity index is 0.00000300. The molecule has 2 aromatic rings. The van der Waals surface area contributed by atoms with Gasteiger partial charge in [-0.2, -0.15) is 0 Å². The van der Waals surface area contributed by atoms with Crippen LogP contribution in [0.2, 0.25) is 0 Å². The number of aromatic nitrogens is 1. The minimum atomic E-state index is -0.110. The first-order chi connectivity index (χ1) is 13.7. The molecule has 160 valence electrons. The van der Waals surface area contributed by atoms with E-state index in [-0.39, 0.29) is 30.1 Å². The van der Waals surface area contributed by atoms with E-state index in [0.717, 1.165) is 69.2 Å². The van der Waals surface area contributed by atoms with Gasteiger partial charge in [0.15, 0.2) is 5.96 Å². The van der Waals surface area contributed by atoms with Crippen molar-refractivity contribution >= 4 is 29.9 Å². The van der Waals surface area contributed by atoms with Crippen molar-refractivity contribution in [1.29, 1.82) is 0 Å². The molecule has 0 saturated carbocycles. The van der Waals surface area contributed by atoms with Gasteiger partial charge in [-0.05, 0) is 44.9 Å². The first-order valence-electron chi connectivity index (χ1n) is 10.2. The molecule has 0 radical (unpaired) electrons. The van der Waals surface area contributed by atoms with Gasteiger partial charge < -0.3 is 25.1 Å². The van der Waals surface area contributed by atoms with Crippen LogP contribution in [0.1, 0.15) is 31.9 Å². The van der Waals surface area contributed by atoms with E-state index in [9.17, 15) is 5.11 Å². The molecular formula is C21H32IN5O2. The Morgan fingerprint density at radius 3 is 2.72 bits per heavy atom. The minimum absolute atomic E-state index is 0. The van der Waals surface area contributed by atoms with Crippen molar-refractivity contribution in [2.45, 2.75) is 38.8 Å². The summed E-state index contributed by atoms with van der Waals surface area (Å²) in [4.78, 5) is 11.5. The summed E-state index contributed by atoms with van der Waals surface area (Å²) in [5, 5.41) is 16.2. The zero-order valence-corrected chi connectivity index (χ0v) is 19.3. The molecular weight excluding hydrogens is 481 g/mol. The number of aliphatic hydroxyl groups excluding tert-OH is 1. The second kappa shape index (κ2) is 12.8. The average Bonchev–Trinajstić information content (AvgIpc) is 3.20. The lowest BCUT2D eigenvalue weighted by Crippen LogP contribution is -2.40. The zero-order valence-electron chi connectivity index (χ0n) is 17.0. The van der Waals surface area contributed by atoms with E-state index in [1.54, 1.807) is 6.26 Å². The number of hydrogen-bond donors (Lipinski definition) is 3. The third-order valence-electron chi connectivity index (χ3n) is 4.82. The van der Waals surface area contributed by atoms with E-state index in [1.807, 2.05) is 30.3 Å². The third-order valence-corrected chi connectivity index (χ3v) is 4.82. The number of guanidine groups is 1. The second-order valence-corrected chi connectivity index (χ2v) is 7.06. The molecule has 0 bridgehead atoms. The van der Waals surface area contributed by atoms with E-state index in [0.29, 0.717) is 12.4 Å². The minimum Gasteiger partial charge on any atom is -0.444 e. The standard InChI is InChI=1S/C21H31N5O2.HI/c1-2-22-21(23-11-6-12-26-13-9-19(27)10-14-26)24-15-18-16-28-20(25-18)17-7-4-3-5-8-17;/h3-5,7-8,16,19,27H,2,6,9-15H2,1H3,(H2,22,23,24);1H. The van der Waals surface area contributed by atoms with Crippen molar-refractivity contribution in [3.8, 4) is 11.5 Å². The summed E-state index contributed by atoms with van der Waals surface area (Å²) in [5.74, 6) is 1.41. The Morgan fingerprint density at radius 2 is 2.00 bits per heavy atom. The molecule has 1 saturated heterocycles. The number of likely N-dealkylation sites (tertiary alicyclic amines) is 1. The van der Waals surface area contributed by atoms with E-state index in [2.05, 4.69) is 32.4 Å². The Kier molecular flexibility index (Phi) is 10.4. The van der Waals surface area contributed by atoms with Gasteiger partial charge in [0.2, 0.25) is 5.89 Å². The molecule has 0 spiro atoms. The maximum Gasteiger partial charge on any atom is 0.226 e. The molecule has 1 aromatic heterocycles. The fraction of sp³-hybridized carbons (Fsp3) is 0.524. The Bertz CT molecular complexity index is 730. The van der Waals surface area contributed by atoms with Gasteiger partial charge in [0.05, 0.1) is 12.6 Å². The highest BCUT2D eigenvalue weighted by Crippen LogP contribution is 2.18. The van der Waals surface area contributed by atoms with Gasteiger partial charge in [0.1, 0.15) is 12.0 Å². The molecule has 7 nitrogen and oxygen atoms in total. The SMILES string of the molecule is CCNC(=NCc1coc(-c2ccccc2)n1)NCCCN1CCC(O)CC1.I. The number of halogens is 1. The molecule has 0 atom stereocenters. The lowest BCUT2D eigenvalue weighted by molar-refractivity contribution is 0.0823. The number of nitrogens with one attached hydrogen (secondary N) is 2. The maximum atomic E-state index is 9.57. The van der Waals surface area contributed by atoms with Crippen molar-refractivity contribution in [2.24, 2.45) is 4.99 Å². The molecule has 1 aromatic carbocycles. The summed E-state index contributed by atoms with van der Waals surface area (Å²) < 4.78 is 5.57. The van der Waals surface area contributed by atoms with Crippen LogP contribution in [0.25, 0.3) is 11.5 Å². The number of nitrogens with zero attached hydrogens (tertiary/aromatic N) is 3. The van der Waals surface area contributed by atoms with Crippen LogP contribution >= 0.6 is 24.0 Å². The number of benzene rings is 1. The summed E-state index contributed by atoms with van der Waals surface area (Å²) in [6.45, 7) is 7.22. The van der Waals surface area contributed by atoms with Gasteiger partial charge >= 0.3 is 0 Å². The molecule has 3 N–H and O–H groups in total. The van der Waals surface area contributed by atoms with Gasteiger partial charge in [-0.1, -0.05) is 18.2 Å². The molecule has 1 fully saturated rings. The van der Waals surface area contributed by atoms with Crippen LogP contribution in [0, 0.1) is 0 Å². The van der Waals surface area contributed by atoms with E-state index >= 15 is 0 Å². The Labute approximate surface area is 190 Å².